The minimum atomic E-state index is 0.0232. The van der Waals surface area contributed by atoms with Crippen LogP contribution in [0.4, 0.5) is 0 Å². The van der Waals surface area contributed by atoms with E-state index in [-0.39, 0.29) is 5.84 Å². The van der Waals surface area contributed by atoms with E-state index in [9.17, 15) is 0 Å². The number of amidine groups is 1. The number of nitrogen functional groups attached to an aromatic ring is 1. The van der Waals surface area contributed by atoms with Crippen LogP contribution in [0.15, 0.2) is 0 Å². The van der Waals surface area contributed by atoms with Gasteiger partial charge in [0.15, 0.2) is 0 Å². The monoisotopic (exact) mass is 290 g/mol. The maximum atomic E-state index is 7.84. The van der Waals surface area contributed by atoms with E-state index in [1.54, 1.807) is 0 Å². The molecule has 5 nitrogen and oxygen atoms in total. The van der Waals surface area contributed by atoms with E-state index < -0.39 is 0 Å². The van der Waals surface area contributed by atoms with Crippen LogP contribution in [0.2, 0.25) is 0 Å². The van der Waals surface area contributed by atoms with Crippen molar-refractivity contribution in [3.63, 3.8) is 0 Å². The van der Waals surface area contributed by atoms with Crippen LogP contribution in [-0.4, -0.2) is 22.6 Å². The first kappa shape index (κ1) is 15.7. The second-order valence-electron chi connectivity index (χ2n) is 5.74. The molecule has 1 aliphatic carbocycles. The van der Waals surface area contributed by atoms with Gasteiger partial charge in [-0.2, -0.15) is 5.10 Å². The highest BCUT2D eigenvalue weighted by atomic mass is 16.5. The third-order valence-electron chi connectivity index (χ3n) is 4.26. The average Bonchev–Trinajstić information content (AvgIpc) is 2.52. The third-order valence-corrected chi connectivity index (χ3v) is 4.26. The van der Waals surface area contributed by atoms with Crippen LogP contribution in [0.1, 0.15) is 62.8 Å². The van der Waals surface area contributed by atoms with Crippen molar-refractivity contribution in [3.05, 3.63) is 16.8 Å². The molecular weight excluding hydrogens is 264 g/mol. The first-order chi connectivity index (χ1) is 10.2. The average molecular weight is 290 g/mol. The molecule has 2 rings (SSSR count). The third kappa shape index (κ3) is 3.71. The molecule has 0 unspecified atom stereocenters. The van der Waals surface area contributed by atoms with Gasteiger partial charge in [-0.05, 0) is 37.2 Å². The summed E-state index contributed by atoms with van der Waals surface area (Å²) in [7, 11) is 0. The number of aryl methyl sites for hydroxylation is 1. The number of ether oxygens (including phenoxy) is 1. The summed E-state index contributed by atoms with van der Waals surface area (Å²) in [5.41, 5.74) is 8.31. The Hall–Kier alpha value is -1.65. The first-order valence-corrected chi connectivity index (χ1v) is 8.02. The lowest BCUT2D eigenvalue weighted by Crippen LogP contribution is -2.22. The molecule has 3 N–H and O–H groups in total. The summed E-state index contributed by atoms with van der Waals surface area (Å²) in [6.07, 6.45) is 7.92. The van der Waals surface area contributed by atoms with Gasteiger partial charge in [-0.15, -0.1) is 5.10 Å². The fourth-order valence-corrected chi connectivity index (χ4v) is 3.08. The van der Waals surface area contributed by atoms with Gasteiger partial charge in [0, 0.05) is 0 Å². The van der Waals surface area contributed by atoms with E-state index in [4.69, 9.17) is 15.9 Å². The summed E-state index contributed by atoms with van der Waals surface area (Å²) in [6.45, 7) is 4.74. The van der Waals surface area contributed by atoms with Gasteiger partial charge >= 0.3 is 0 Å². The topological polar surface area (TPSA) is 84.9 Å². The van der Waals surface area contributed by atoms with Crippen LogP contribution in [0, 0.1) is 11.3 Å². The fraction of sp³-hybridized carbons (Fsp3) is 0.688. The Labute approximate surface area is 126 Å². The SMILES string of the molecule is CCc1nnc(OCC2CCCCC2)c(C(=N)N)c1CC. The van der Waals surface area contributed by atoms with Gasteiger partial charge in [-0.3, -0.25) is 5.41 Å². The smallest absolute Gasteiger partial charge is 0.244 e. The molecule has 0 saturated heterocycles. The maximum Gasteiger partial charge on any atom is 0.244 e. The molecule has 1 saturated carbocycles. The zero-order valence-corrected chi connectivity index (χ0v) is 13.1. The predicted octanol–water partition coefficient (Wildman–Crippen LogP) is 2.84. The number of nitrogens with two attached hydrogens (primary N) is 1. The lowest BCUT2D eigenvalue weighted by Gasteiger charge is -2.22. The highest BCUT2D eigenvalue weighted by Gasteiger charge is 2.20. The Kier molecular flexibility index (Phi) is 5.53. The van der Waals surface area contributed by atoms with Crippen molar-refractivity contribution in [2.45, 2.75) is 58.8 Å². The Morgan fingerprint density at radius 2 is 1.90 bits per heavy atom. The lowest BCUT2D eigenvalue weighted by molar-refractivity contribution is 0.200. The van der Waals surface area contributed by atoms with Crippen LogP contribution >= 0.6 is 0 Å². The van der Waals surface area contributed by atoms with E-state index in [0.717, 1.165) is 24.1 Å². The lowest BCUT2D eigenvalue weighted by atomic mass is 9.90. The van der Waals surface area contributed by atoms with Gasteiger partial charge < -0.3 is 10.5 Å². The summed E-state index contributed by atoms with van der Waals surface area (Å²) < 4.78 is 5.89. The quantitative estimate of drug-likeness (QED) is 0.623. The first-order valence-electron chi connectivity index (χ1n) is 8.02. The molecule has 1 aromatic heterocycles. The highest BCUT2D eigenvalue weighted by Crippen LogP contribution is 2.26. The molecule has 0 amide bonds. The molecule has 1 fully saturated rings. The molecule has 0 spiro atoms. The molecule has 21 heavy (non-hydrogen) atoms. The van der Waals surface area contributed by atoms with Crippen LogP contribution in [0.5, 0.6) is 5.88 Å². The van der Waals surface area contributed by atoms with Crippen LogP contribution in [0.3, 0.4) is 0 Å². The zero-order chi connectivity index (χ0) is 15.2. The second kappa shape index (κ2) is 7.38. The van der Waals surface area contributed by atoms with Crippen molar-refractivity contribution in [2.75, 3.05) is 6.61 Å². The van der Waals surface area contributed by atoms with Crippen molar-refractivity contribution in [1.82, 2.24) is 10.2 Å². The van der Waals surface area contributed by atoms with E-state index in [1.165, 1.54) is 32.1 Å². The van der Waals surface area contributed by atoms with Crippen molar-refractivity contribution >= 4 is 5.84 Å². The van der Waals surface area contributed by atoms with Gasteiger partial charge in [0.05, 0.1) is 17.9 Å². The van der Waals surface area contributed by atoms with Crippen LogP contribution in [-0.2, 0) is 12.8 Å². The van der Waals surface area contributed by atoms with Gasteiger partial charge in [0.1, 0.15) is 5.84 Å². The van der Waals surface area contributed by atoms with Crippen molar-refractivity contribution in [1.29, 1.82) is 5.41 Å². The Balaban J connectivity index is 2.19. The maximum absolute atomic E-state index is 7.84. The van der Waals surface area contributed by atoms with Crippen molar-refractivity contribution in [3.8, 4) is 5.88 Å². The number of aromatic nitrogens is 2. The largest absolute Gasteiger partial charge is 0.476 e. The number of nitrogens with one attached hydrogen (secondary N) is 1. The van der Waals surface area contributed by atoms with Crippen LogP contribution < -0.4 is 10.5 Å². The molecule has 5 heteroatoms. The normalized spacial score (nSPS) is 15.9. The molecule has 1 aromatic rings. The molecule has 0 bridgehead atoms. The summed E-state index contributed by atoms with van der Waals surface area (Å²) in [5.74, 6) is 1.05. The summed E-state index contributed by atoms with van der Waals surface area (Å²) in [5, 5.41) is 16.3. The standard InChI is InChI=1S/C16H26N4O/c1-3-12-13(4-2)19-20-16(14(12)15(17)18)21-10-11-8-6-5-7-9-11/h11H,3-10H2,1-2H3,(H3,17,18). The molecule has 116 valence electrons. The molecule has 0 aromatic carbocycles. The minimum absolute atomic E-state index is 0.0232. The molecule has 1 heterocycles. The number of nitrogens with zero attached hydrogens (tertiary/aromatic N) is 2. The fourth-order valence-electron chi connectivity index (χ4n) is 3.08. The minimum Gasteiger partial charge on any atom is -0.476 e. The Morgan fingerprint density at radius 3 is 2.48 bits per heavy atom. The number of hydrogen-bond donors (Lipinski definition) is 2. The zero-order valence-electron chi connectivity index (χ0n) is 13.1. The molecular formula is C16H26N4O. The summed E-state index contributed by atoms with van der Waals surface area (Å²) in [6, 6.07) is 0. The number of rotatable bonds is 6. The molecule has 1 aliphatic rings. The molecule has 0 radical (unpaired) electrons. The number of hydrogen-bond acceptors (Lipinski definition) is 4. The Bertz CT molecular complexity index is 495. The molecule has 0 atom stereocenters. The van der Waals surface area contributed by atoms with E-state index in [1.807, 2.05) is 13.8 Å². The van der Waals surface area contributed by atoms with E-state index in [0.29, 0.717) is 24.0 Å². The summed E-state index contributed by atoms with van der Waals surface area (Å²) >= 11 is 0. The van der Waals surface area contributed by atoms with E-state index >= 15 is 0 Å². The second-order valence-corrected chi connectivity index (χ2v) is 5.74. The summed E-state index contributed by atoms with van der Waals surface area (Å²) in [4.78, 5) is 0. The predicted molar refractivity (Wildman–Crippen MR) is 83.9 cm³/mol. The van der Waals surface area contributed by atoms with E-state index in [2.05, 4.69) is 10.2 Å². The molecule has 0 aliphatic heterocycles. The van der Waals surface area contributed by atoms with Crippen molar-refractivity contribution < 1.29 is 4.74 Å². The van der Waals surface area contributed by atoms with Gasteiger partial charge in [-0.1, -0.05) is 33.1 Å². The van der Waals surface area contributed by atoms with Gasteiger partial charge in [0.25, 0.3) is 0 Å². The van der Waals surface area contributed by atoms with Crippen LogP contribution in [0.25, 0.3) is 0 Å². The van der Waals surface area contributed by atoms with Gasteiger partial charge in [-0.25, -0.2) is 0 Å². The van der Waals surface area contributed by atoms with Crippen molar-refractivity contribution in [2.24, 2.45) is 11.7 Å². The highest BCUT2D eigenvalue weighted by molar-refractivity contribution is 5.98. The Morgan fingerprint density at radius 1 is 1.19 bits per heavy atom. The van der Waals surface area contributed by atoms with Gasteiger partial charge in [0.2, 0.25) is 5.88 Å².